The van der Waals surface area contributed by atoms with Gasteiger partial charge in [-0.05, 0) is 29.3 Å². The Labute approximate surface area is 196 Å². The van der Waals surface area contributed by atoms with Crippen molar-refractivity contribution >= 4 is 23.5 Å². The largest absolute Gasteiger partial charge is 0.493 e. The fourth-order valence-corrected chi connectivity index (χ4v) is 3.85. The monoisotopic (exact) mass is 461 g/mol. The van der Waals surface area contributed by atoms with Crippen molar-refractivity contribution in [1.82, 2.24) is 0 Å². The summed E-state index contributed by atoms with van der Waals surface area (Å²) in [7, 11) is 4.14. The van der Waals surface area contributed by atoms with Crippen LogP contribution in [0.3, 0.4) is 0 Å². The number of carbonyl (C=O) groups excluding carboxylic acids is 3. The van der Waals surface area contributed by atoms with Gasteiger partial charge in [-0.15, -0.1) is 0 Å². The highest BCUT2D eigenvalue weighted by Crippen LogP contribution is 2.35. The predicted molar refractivity (Wildman–Crippen MR) is 124 cm³/mol. The SMILES string of the molecule is COC(=O)c1cc(OC)c(OC)cc1NC(=O)c1ccc2c(c1)CC(c1ccccc1)OC2=O. The number of rotatable bonds is 6. The van der Waals surface area contributed by atoms with Crippen LogP contribution in [0.4, 0.5) is 5.69 Å². The molecule has 1 amide bonds. The first-order chi connectivity index (χ1) is 16.4. The first kappa shape index (κ1) is 22.8. The number of esters is 2. The standard InChI is InChI=1S/C26H23NO7/c1-31-22-13-19(25(29)33-3)20(14-23(22)32-2)27-24(28)16-9-10-18-17(11-16)12-21(34-26(18)30)15-7-5-4-6-8-15/h4-11,13-14,21H,12H2,1-3H3,(H,27,28). The van der Waals surface area contributed by atoms with Crippen LogP contribution < -0.4 is 14.8 Å². The van der Waals surface area contributed by atoms with Crippen molar-refractivity contribution in [2.75, 3.05) is 26.6 Å². The number of hydrogen-bond acceptors (Lipinski definition) is 7. The summed E-state index contributed by atoms with van der Waals surface area (Å²) in [5.74, 6) is -0.884. The minimum absolute atomic E-state index is 0.110. The molecule has 1 unspecified atom stereocenters. The minimum atomic E-state index is -0.643. The number of benzene rings is 3. The molecule has 1 atom stereocenters. The Hall–Kier alpha value is -4.33. The van der Waals surface area contributed by atoms with Gasteiger partial charge in [-0.3, -0.25) is 4.79 Å². The molecule has 3 aromatic rings. The van der Waals surface area contributed by atoms with Crippen LogP contribution in [0.15, 0.2) is 60.7 Å². The Morgan fingerprint density at radius 2 is 1.65 bits per heavy atom. The van der Waals surface area contributed by atoms with E-state index in [1.54, 1.807) is 12.1 Å². The number of ether oxygens (including phenoxy) is 4. The minimum Gasteiger partial charge on any atom is -0.493 e. The van der Waals surface area contributed by atoms with E-state index < -0.39 is 23.9 Å². The van der Waals surface area contributed by atoms with Crippen molar-refractivity contribution in [3.05, 3.63) is 88.5 Å². The average molecular weight is 461 g/mol. The molecule has 0 radical (unpaired) electrons. The molecule has 0 saturated heterocycles. The maximum absolute atomic E-state index is 13.1. The number of fused-ring (bicyclic) bond motifs is 1. The molecule has 4 rings (SSSR count). The number of nitrogens with one attached hydrogen (secondary N) is 1. The number of cyclic esters (lactones) is 1. The van der Waals surface area contributed by atoms with Gasteiger partial charge in [-0.25, -0.2) is 9.59 Å². The highest BCUT2D eigenvalue weighted by molar-refractivity contribution is 6.09. The van der Waals surface area contributed by atoms with Crippen molar-refractivity contribution in [2.45, 2.75) is 12.5 Å². The van der Waals surface area contributed by atoms with Crippen molar-refractivity contribution in [1.29, 1.82) is 0 Å². The molecule has 0 bridgehead atoms. The van der Waals surface area contributed by atoms with Gasteiger partial charge in [-0.1, -0.05) is 30.3 Å². The molecular weight excluding hydrogens is 438 g/mol. The maximum atomic E-state index is 13.1. The molecule has 3 aromatic carbocycles. The van der Waals surface area contributed by atoms with Crippen molar-refractivity contribution in [3.8, 4) is 11.5 Å². The summed E-state index contributed by atoms with van der Waals surface area (Å²) in [5.41, 5.74) is 2.64. The van der Waals surface area contributed by atoms with Gasteiger partial charge in [0, 0.05) is 24.1 Å². The Kier molecular flexibility index (Phi) is 6.49. The summed E-state index contributed by atoms with van der Waals surface area (Å²) >= 11 is 0. The van der Waals surface area contributed by atoms with Crippen LogP contribution in [0.5, 0.6) is 11.5 Å². The average Bonchev–Trinajstić information content (AvgIpc) is 2.87. The van der Waals surface area contributed by atoms with Crippen LogP contribution in [0, 0.1) is 0 Å². The molecule has 0 aromatic heterocycles. The van der Waals surface area contributed by atoms with Gasteiger partial charge in [0.1, 0.15) is 6.10 Å². The third kappa shape index (κ3) is 4.43. The zero-order valence-electron chi connectivity index (χ0n) is 18.9. The third-order valence-corrected chi connectivity index (χ3v) is 5.59. The van der Waals surface area contributed by atoms with Gasteiger partial charge in [0.2, 0.25) is 0 Å². The Morgan fingerprint density at radius 1 is 0.941 bits per heavy atom. The Balaban J connectivity index is 1.64. The second kappa shape index (κ2) is 9.66. The van der Waals surface area contributed by atoms with Crippen LogP contribution in [-0.4, -0.2) is 39.2 Å². The second-order valence-corrected chi connectivity index (χ2v) is 7.58. The number of carbonyl (C=O) groups is 3. The van der Waals surface area contributed by atoms with E-state index in [2.05, 4.69) is 5.32 Å². The van der Waals surface area contributed by atoms with E-state index >= 15 is 0 Å². The van der Waals surface area contributed by atoms with Crippen LogP contribution in [-0.2, 0) is 15.9 Å². The van der Waals surface area contributed by atoms with Gasteiger partial charge >= 0.3 is 11.9 Å². The van der Waals surface area contributed by atoms with Crippen molar-refractivity contribution in [2.24, 2.45) is 0 Å². The molecule has 174 valence electrons. The lowest BCUT2D eigenvalue weighted by molar-refractivity contribution is 0.0252. The quantitative estimate of drug-likeness (QED) is 0.549. The number of hydrogen-bond donors (Lipinski definition) is 1. The van der Waals surface area contributed by atoms with Crippen LogP contribution in [0.1, 0.15) is 48.3 Å². The summed E-state index contributed by atoms with van der Waals surface area (Å²) in [6.07, 6.45) is 0.00646. The zero-order valence-corrected chi connectivity index (χ0v) is 18.9. The van der Waals surface area contributed by atoms with Gasteiger partial charge in [-0.2, -0.15) is 0 Å². The van der Waals surface area contributed by atoms with Gasteiger partial charge < -0.3 is 24.3 Å². The maximum Gasteiger partial charge on any atom is 0.340 e. The third-order valence-electron chi connectivity index (χ3n) is 5.59. The van der Waals surface area contributed by atoms with E-state index in [4.69, 9.17) is 18.9 Å². The highest BCUT2D eigenvalue weighted by atomic mass is 16.5. The Bertz CT molecular complexity index is 1250. The molecule has 1 heterocycles. The first-order valence-electron chi connectivity index (χ1n) is 10.5. The Morgan fingerprint density at radius 3 is 2.32 bits per heavy atom. The van der Waals surface area contributed by atoms with Crippen LogP contribution in [0.2, 0.25) is 0 Å². The summed E-state index contributed by atoms with van der Waals surface area (Å²) in [6, 6.07) is 17.1. The summed E-state index contributed by atoms with van der Waals surface area (Å²) in [6.45, 7) is 0. The van der Waals surface area contributed by atoms with E-state index in [1.165, 1.54) is 39.5 Å². The van der Waals surface area contributed by atoms with E-state index in [0.717, 1.165) is 5.56 Å². The molecule has 34 heavy (non-hydrogen) atoms. The van der Waals surface area contributed by atoms with Gasteiger partial charge in [0.15, 0.2) is 11.5 Å². The van der Waals surface area contributed by atoms with Gasteiger partial charge in [0.05, 0.1) is 38.1 Å². The number of anilines is 1. The molecule has 0 fully saturated rings. The van der Waals surface area contributed by atoms with E-state index in [9.17, 15) is 14.4 Å². The molecular formula is C26H23NO7. The molecule has 1 aliphatic rings. The molecule has 0 spiro atoms. The van der Waals surface area contributed by atoms with E-state index in [1.807, 2.05) is 30.3 Å². The van der Waals surface area contributed by atoms with E-state index in [-0.39, 0.29) is 11.3 Å². The zero-order chi connectivity index (χ0) is 24.2. The summed E-state index contributed by atoms with van der Waals surface area (Å²) < 4.78 is 21.0. The topological polar surface area (TPSA) is 100 Å². The lowest BCUT2D eigenvalue weighted by Gasteiger charge is -2.25. The summed E-state index contributed by atoms with van der Waals surface area (Å²) in [5, 5.41) is 2.74. The molecule has 1 aliphatic heterocycles. The number of amides is 1. The highest BCUT2D eigenvalue weighted by Gasteiger charge is 2.28. The fraction of sp³-hybridized carbons (Fsp3) is 0.192. The molecule has 8 heteroatoms. The normalized spacial score (nSPS) is 14.4. The number of methoxy groups -OCH3 is 3. The second-order valence-electron chi connectivity index (χ2n) is 7.58. The van der Waals surface area contributed by atoms with Crippen LogP contribution in [0.25, 0.3) is 0 Å². The smallest absolute Gasteiger partial charge is 0.340 e. The first-order valence-corrected chi connectivity index (χ1v) is 10.5. The van der Waals surface area contributed by atoms with Crippen LogP contribution >= 0.6 is 0 Å². The van der Waals surface area contributed by atoms with Crippen molar-refractivity contribution < 1.29 is 33.3 Å². The molecule has 1 N–H and O–H groups in total. The van der Waals surface area contributed by atoms with Crippen molar-refractivity contribution in [3.63, 3.8) is 0 Å². The van der Waals surface area contributed by atoms with Gasteiger partial charge in [0.25, 0.3) is 5.91 Å². The molecule has 0 aliphatic carbocycles. The summed E-state index contributed by atoms with van der Waals surface area (Å²) in [4.78, 5) is 37.9. The molecule has 0 saturated carbocycles. The lowest BCUT2D eigenvalue weighted by Crippen LogP contribution is -2.23. The van der Waals surface area contributed by atoms with E-state index in [0.29, 0.717) is 34.6 Å². The predicted octanol–water partition coefficient (Wildman–Crippen LogP) is 4.20. The lowest BCUT2D eigenvalue weighted by atomic mass is 9.93. The molecule has 8 nitrogen and oxygen atoms in total. The fourth-order valence-electron chi connectivity index (χ4n) is 3.85.